The molecule has 0 N–H and O–H groups in total. The molecule has 1 atom stereocenters. The van der Waals surface area contributed by atoms with Gasteiger partial charge in [-0.1, -0.05) is 6.07 Å². The summed E-state index contributed by atoms with van der Waals surface area (Å²) in [6.07, 6.45) is 5.66. The first-order valence-electron chi connectivity index (χ1n) is 7.38. The van der Waals surface area contributed by atoms with Crippen molar-refractivity contribution >= 4 is 22.5 Å². The third-order valence-electron chi connectivity index (χ3n) is 3.91. The molecule has 4 rings (SSSR count). The highest BCUT2D eigenvalue weighted by molar-refractivity contribution is 7.13. The average molecular weight is 299 g/mol. The molecule has 1 saturated heterocycles. The van der Waals surface area contributed by atoms with Crippen molar-refractivity contribution in [2.24, 2.45) is 0 Å². The Morgan fingerprint density at radius 1 is 1.29 bits per heavy atom. The van der Waals surface area contributed by atoms with Gasteiger partial charge in [0.15, 0.2) is 11.5 Å². The predicted molar refractivity (Wildman–Crippen MR) is 84.4 cm³/mol. The molecule has 0 aromatic carbocycles. The van der Waals surface area contributed by atoms with Crippen LogP contribution in [0.4, 0.5) is 0 Å². The van der Waals surface area contributed by atoms with Gasteiger partial charge in [-0.2, -0.15) is 0 Å². The van der Waals surface area contributed by atoms with Crippen LogP contribution in [0.2, 0.25) is 0 Å². The van der Waals surface area contributed by atoms with Crippen molar-refractivity contribution in [1.82, 2.24) is 14.5 Å². The summed E-state index contributed by atoms with van der Waals surface area (Å²) in [5, 5.41) is 2.09. The highest BCUT2D eigenvalue weighted by Crippen LogP contribution is 2.28. The summed E-state index contributed by atoms with van der Waals surface area (Å²) in [6, 6.07) is 8.14. The molecule has 3 aromatic rings. The van der Waals surface area contributed by atoms with E-state index in [0.29, 0.717) is 0 Å². The quantitative estimate of drug-likeness (QED) is 0.740. The zero-order valence-electron chi connectivity index (χ0n) is 11.7. The number of hydrogen-bond donors (Lipinski definition) is 0. The lowest BCUT2D eigenvalue weighted by Gasteiger charge is -2.23. The fraction of sp³-hybridized carbons (Fsp3) is 0.375. The van der Waals surface area contributed by atoms with Gasteiger partial charge in [-0.05, 0) is 42.8 Å². The smallest absolute Gasteiger partial charge is 0.160 e. The van der Waals surface area contributed by atoms with Crippen LogP contribution in [0.1, 0.15) is 19.3 Å². The van der Waals surface area contributed by atoms with E-state index < -0.39 is 0 Å². The van der Waals surface area contributed by atoms with Gasteiger partial charge in [-0.25, -0.2) is 9.97 Å². The molecule has 0 amide bonds. The second-order valence-corrected chi connectivity index (χ2v) is 6.31. The highest BCUT2D eigenvalue weighted by Gasteiger charge is 2.20. The molecule has 0 spiro atoms. The maximum Gasteiger partial charge on any atom is 0.160 e. The van der Waals surface area contributed by atoms with E-state index in [1.54, 1.807) is 11.3 Å². The molecule has 1 aliphatic heterocycles. The van der Waals surface area contributed by atoms with E-state index in [2.05, 4.69) is 27.1 Å². The number of pyridine rings is 1. The molecule has 0 radical (unpaired) electrons. The minimum atomic E-state index is 0.275. The van der Waals surface area contributed by atoms with E-state index in [1.165, 1.54) is 17.7 Å². The summed E-state index contributed by atoms with van der Waals surface area (Å²) in [6.45, 7) is 1.71. The van der Waals surface area contributed by atoms with Gasteiger partial charge in [0.2, 0.25) is 0 Å². The van der Waals surface area contributed by atoms with Crippen LogP contribution in [-0.2, 0) is 11.3 Å². The first-order chi connectivity index (χ1) is 10.4. The van der Waals surface area contributed by atoms with E-state index in [9.17, 15) is 0 Å². The minimum absolute atomic E-state index is 0.275. The van der Waals surface area contributed by atoms with Gasteiger partial charge in [0.05, 0.1) is 17.5 Å². The predicted octanol–water partition coefficient (Wildman–Crippen LogP) is 3.73. The molecular weight excluding hydrogens is 282 g/mol. The van der Waals surface area contributed by atoms with E-state index in [0.717, 1.165) is 36.6 Å². The van der Waals surface area contributed by atoms with Gasteiger partial charge < -0.3 is 9.30 Å². The topological polar surface area (TPSA) is 39.9 Å². The van der Waals surface area contributed by atoms with Crippen molar-refractivity contribution in [1.29, 1.82) is 0 Å². The van der Waals surface area contributed by atoms with Crippen LogP contribution >= 0.6 is 11.3 Å². The lowest BCUT2D eigenvalue weighted by molar-refractivity contribution is 0.00679. The lowest BCUT2D eigenvalue weighted by Crippen LogP contribution is -2.24. The number of aromatic nitrogens is 3. The average Bonchev–Trinajstić information content (AvgIpc) is 3.16. The molecule has 108 valence electrons. The van der Waals surface area contributed by atoms with E-state index in [1.807, 2.05) is 18.3 Å². The molecule has 0 bridgehead atoms. The number of hydrogen-bond acceptors (Lipinski definition) is 4. The summed E-state index contributed by atoms with van der Waals surface area (Å²) in [5.74, 6) is 1.01. The first-order valence-corrected chi connectivity index (χ1v) is 8.26. The van der Waals surface area contributed by atoms with Gasteiger partial charge in [0.25, 0.3) is 0 Å². The first kappa shape index (κ1) is 13.0. The molecule has 1 fully saturated rings. The summed E-state index contributed by atoms with van der Waals surface area (Å²) in [5.41, 5.74) is 1.91. The number of rotatable bonds is 3. The number of nitrogens with zero attached hydrogens (tertiary/aromatic N) is 3. The zero-order valence-corrected chi connectivity index (χ0v) is 12.6. The largest absolute Gasteiger partial charge is 0.376 e. The Balaban J connectivity index is 1.78. The Morgan fingerprint density at radius 2 is 2.29 bits per heavy atom. The van der Waals surface area contributed by atoms with Gasteiger partial charge in [-0.3, -0.25) is 0 Å². The molecule has 0 aliphatic carbocycles. The highest BCUT2D eigenvalue weighted by atomic mass is 32.1. The molecule has 1 unspecified atom stereocenters. The summed E-state index contributed by atoms with van der Waals surface area (Å²) in [7, 11) is 0. The van der Waals surface area contributed by atoms with Gasteiger partial charge in [0.1, 0.15) is 5.52 Å². The maximum atomic E-state index is 5.90. The molecule has 21 heavy (non-hydrogen) atoms. The second-order valence-electron chi connectivity index (χ2n) is 5.36. The molecule has 4 heterocycles. The Kier molecular flexibility index (Phi) is 3.45. The number of imidazole rings is 1. The number of fused-ring (bicyclic) bond motifs is 1. The van der Waals surface area contributed by atoms with Crippen molar-refractivity contribution in [2.45, 2.75) is 31.9 Å². The van der Waals surface area contributed by atoms with Crippen LogP contribution in [0.3, 0.4) is 0 Å². The Labute approximate surface area is 127 Å². The van der Waals surface area contributed by atoms with Gasteiger partial charge in [-0.15, -0.1) is 11.3 Å². The zero-order chi connectivity index (χ0) is 14.1. The molecule has 3 aromatic heterocycles. The van der Waals surface area contributed by atoms with Crippen LogP contribution < -0.4 is 0 Å². The van der Waals surface area contributed by atoms with Crippen molar-refractivity contribution in [3.63, 3.8) is 0 Å². The molecule has 5 heteroatoms. The SMILES string of the molecule is c1csc(-c2nc3cccnc3n2CC2CCCCO2)c1. The molecule has 1 aliphatic rings. The normalized spacial score (nSPS) is 19.1. The van der Waals surface area contributed by atoms with Gasteiger partial charge in [0, 0.05) is 12.8 Å². The van der Waals surface area contributed by atoms with E-state index >= 15 is 0 Å². The van der Waals surface area contributed by atoms with Crippen LogP contribution in [0, 0.1) is 0 Å². The Hall–Kier alpha value is -1.72. The fourth-order valence-electron chi connectivity index (χ4n) is 2.88. The Bertz CT molecular complexity index is 729. The third kappa shape index (κ3) is 2.47. The van der Waals surface area contributed by atoms with Crippen LogP contribution in [-0.4, -0.2) is 27.2 Å². The van der Waals surface area contributed by atoms with Crippen molar-refractivity contribution in [3.8, 4) is 10.7 Å². The fourth-order valence-corrected chi connectivity index (χ4v) is 3.60. The number of ether oxygens (including phenoxy) is 1. The second kappa shape index (κ2) is 5.58. The molecule has 4 nitrogen and oxygen atoms in total. The van der Waals surface area contributed by atoms with Crippen LogP contribution in [0.15, 0.2) is 35.8 Å². The summed E-state index contributed by atoms with van der Waals surface area (Å²) < 4.78 is 8.12. The third-order valence-corrected chi connectivity index (χ3v) is 4.77. The molecule has 0 saturated carbocycles. The standard InChI is InChI=1S/C16H17N3OS/c1-2-9-20-12(5-1)11-19-15-13(6-3-8-17-15)18-16(19)14-7-4-10-21-14/h3-4,6-8,10,12H,1-2,5,9,11H2. The Morgan fingerprint density at radius 3 is 3.10 bits per heavy atom. The summed E-state index contributed by atoms with van der Waals surface area (Å²) in [4.78, 5) is 10.5. The maximum absolute atomic E-state index is 5.90. The van der Waals surface area contributed by atoms with E-state index in [4.69, 9.17) is 9.72 Å². The molecular formula is C16H17N3OS. The summed E-state index contributed by atoms with van der Waals surface area (Å²) >= 11 is 1.72. The number of thiophene rings is 1. The van der Waals surface area contributed by atoms with Crippen LogP contribution in [0.25, 0.3) is 21.9 Å². The van der Waals surface area contributed by atoms with Crippen molar-refractivity contribution < 1.29 is 4.74 Å². The van der Waals surface area contributed by atoms with Crippen LogP contribution in [0.5, 0.6) is 0 Å². The van der Waals surface area contributed by atoms with E-state index in [-0.39, 0.29) is 6.10 Å². The monoisotopic (exact) mass is 299 g/mol. The minimum Gasteiger partial charge on any atom is -0.376 e. The van der Waals surface area contributed by atoms with Gasteiger partial charge >= 0.3 is 0 Å². The lowest BCUT2D eigenvalue weighted by atomic mass is 10.1. The van der Waals surface area contributed by atoms with Crippen molar-refractivity contribution in [3.05, 3.63) is 35.8 Å². The van der Waals surface area contributed by atoms with Crippen molar-refractivity contribution in [2.75, 3.05) is 6.61 Å².